The molecular formula is C14H17FN4. The summed E-state index contributed by atoms with van der Waals surface area (Å²) in [5.41, 5.74) is 1.10. The quantitative estimate of drug-likeness (QED) is 0.834. The molecule has 0 aliphatic rings. The Balaban J connectivity index is 1.85. The fraction of sp³-hybridized carbons (Fsp3) is 0.286. The summed E-state index contributed by atoms with van der Waals surface area (Å²) in [6.07, 6.45) is 2.56. The van der Waals surface area contributed by atoms with Crippen molar-refractivity contribution in [2.45, 2.75) is 13.0 Å². The fourth-order valence-corrected chi connectivity index (χ4v) is 1.73. The van der Waals surface area contributed by atoms with Gasteiger partial charge in [0.2, 0.25) is 0 Å². The zero-order chi connectivity index (χ0) is 13.5. The Labute approximate surface area is 112 Å². The van der Waals surface area contributed by atoms with E-state index < -0.39 is 0 Å². The van der Waals surface area contributed by atoms with E-state index in [2.05, 4.69) is 20.6 Å². The summed E-state index contributed by atoms with van der Waals surface area (Å²) >= 11 is 0. The van der Waals surface area contributed by atoms with Gasteiger partial charge >= 0.3 is 0 Å². The van der Waals surface area contributed by atoms with Crippen molar-refractivity contribution in [3.05, 3.63) is 53.7 Å². The molecule has 0 fully saturated rings. The highest BCUT2D eigenvalue weighted by atomic mass is 19.1. The number of hydrogen-bond acceptors (Lipinski definition) is 4. The van der Waals surface area contributed by atoms with E-state index in [0.29, 0.717) is 6.54 Å². The number of nitrogens with one attached hydrogen (secondary N) is 2. The molecule has 19 heavy (non-hydrogen) atoms. The van der Waals surface area contributed by atoms with Gasteiger partial charge in [0.25, 0.3) is 0 Å². The summed E-state index contributed by atoms with van der Waals surface area (Å²) < 4.78 is 12.8. The largest absolute Gasteiger partial charge is 0.370 e. The van der Waals surface area contributed by atoms with Crippen molar-refractivity contribution in [1.82, 2.24) is 15.3 Å². The van der Waals surface area contributed by atoms with E-state index in [-0.39, 0.29) is 5.82 Å². The van der Waals surface area contributed by atoms with Crippen LogP contribution in [-0.2, 0) is 13.0 Å². The maximum absolute atomic E-state index is 12.8. The lowest BCUT2D eigenvalue weighted by Crippen LogP contribution is -2.11. The van der Waals surface area contributed by atoms with Gasteiger partial charge in [0.15, 0.2) is 0 Å². The lowest BCUT2D eigenvalue weighted by molar-refractivity contribution is 0.627. The number of anilines is 1. The van der Waals surface area contributed by atoms with E-state index >= 15 is 0 Å². The molecule has 0 unspecified atom stereocenters. The highest BCUT2D eigenvalue weighted by Crippen LogP contribution is 2.05. The summed E-state index contributed by atoms with van der Waals surface area (Å²) in [5.74, 6) is 1.36. The van der Waals surface area contributed by atoms with Crippen molar-refractivity contribution >= 4 is 5.82 Å². The van der Waals surface area contributed by atoms with Crippen LogP contribution in [0.4, 0.5) is 10.2 Å². The van der Waals surface area contributed by atoms with Gasteiger partial charge in [0, 0.05) is 12.7 Å². The summed E-state index contributed by atoms with van der Waals surface area (Å²) in [6.45, 7) is 1.40. The third-order valence-electron chi connectivity index (χ3n) is 2.67. The minimum atomic E-state index is -0.204. The van der Waals surface area contributed by atoms with Gasteiger partial charge in [-0.15, -0.1) is 0 Å². The summed E-state index contributed by atoms with van der Waals surface area (Å²) in [4.78, 5) is 8.51. The zero-order valence-corrected chi connectivity index (χ0v) is 10.9. The molecule has 4 nitrogen and oxygen atoms in total. The van der Waals surface area contributed by atoms with E-state index in [1.54, 1.807) is 18.3 Å². The molecule has 0 aliphatic heterocycles. The van der Waals surface area contributed by atoms with Gasteiger partial charge < -0.3 is 10.6 Å². The predicted molar refractivity (Wildman–Crippen MR) is 73.4 cm³/mol. The second-order valence-corrected chi connectivity index (χ2v) is 4.19. The zero-order valence-electron chi connectivity index (χ0n) is 10.9. The molecule has 0 bridgehead atoms. The Bertz CT molecular complexity index is 513. The topological polar surface area (TPSA) is 49.8 Å². The maximum atomic E-state index is 12.8. The Hall–Kier alpha value is -2.01. The molecular weight excluding hydrogens is 243 g/mol. The van der Waals surface area contributed by atoms with Crippen LogP contribution < -0.4 is 10.6 Å². The van der Waals surface area contributed by atoms with Gasteiger partial charge in [-0.25, -0.2) is 14.4 Å². The first-order valence-electron chi connectivity index (χ1n) is 6.23. The minimum absolute atomic E-state index is 0.204. The highest BCUT2D eigenvalue weighted by molar-refractivity contribution is 5.33. The first-order chi connectivity index (χ1) is 9.28. The SMILES string of the molecule is CNCc1nccc(NCCc2ccc(F)cc2)n1. The second-order valence-electron chi connectivity index (χ2n) is 4.19. The maximum Gasteiger partial charge on any atom is 0.144 e. The molecule has 1 aromatic carbocycles. The number of nitrogens with zero attached hydrogens (tertiary/aromatic N) is 2. The monoisotopic (exact) mass is 260 g/mol. The number of rotatable bonds is 6. The van der Waals surface area contributed by atoms with E-state index in [1.807, 2.05) is 13.1 Å². The van der Waals surface area contributed by atoms with Gasteiger partial charge in [-0.1, -0.05) is 12.1 Å². The Morgan fingerprint density at radius 3 is 2.68 bits per heavy atom. The molecule has 2 rings (SSSR count). The van der Waals surface area contributed by atoms with Crippen molar-refractivity contribution in [2.24, 2.45) is 0 Å². The molecule has 100 valence electrons. The number of aromatic nitrogens is 2. The highest BCUT2D eigenvalue weighted by Gasteiger charge is 1.98. The van der Waals surface area contributed by atoms with Crippen LogP contribution >= 0.6 is 0 Å². The second kappa shape index (κ2) is 6.80. The lowest BCUT2D eigenvalue weighted by Gasteiger charge is -2.07. The fourth-order valence-electron chi connectivity index (χ4n) is 1.73. The minimum Gasteiger partial charge on any atom is -0.370 e. The molecule has 0 saturated carbocycles. The third-order valence-corrected chi connectivity index (χ3v) is 2.67. The molecule has 0 spiro atoms. The predicted octanol–water partition coefficient (Wildman–Crippen LogP) is 1.99. The lowest BCUT2D eigenvalue weighted by atomic mass is 10.1. The summed E-state index contributed by atoms with van der Waals surface area (Å²) in [7, 11) is 1.86. The van der Waals surface area contributed by atoms with Crippen LogP contribution in [0.5, 0.6) is 0 Å². The molecule has 2 N–H and O–H groups in total. The van der Waals surface area contributed by atoms with Gasteiger partial charge in [-0.05, 0) is 37.2 Å². The molecule has 0 amide bonds. The van der Waals surface area contributed by atoms with Gasteiger partial charge in [-0.2, -0.15) is 0 Å². The van der Waals surface area contributed by atoms with E-state index in [9.17, 15) is 4.39 Å². The van der Waals surface area contributed by atoms with Crippen molar-refractivity contribution in [3.63, 3.8) is 0 Å². The molecule has 2 aromatic rings. The van der Waals surface area contributed by atoms with Crippen LogP contribution in [0.25, 0.3) is 0 Å². The standard InChI is InChI=1S/C14H17FN4/c1-16-10-14-18-9-7-13(19-14)17-8-6-11-2-4-12(15)5-3-11/h2-5,7,9,16H,6,8,10H2,1H3,(H,17,18,19). The van der Waals surface area contributed by atoms with E-state index in [4.69, 9.17) is 0 Å². The van der Waals surface area contributed by atoms with Gasteiger partial charge in [0.1, 0.15) is 17.5 Å². The average molecular weight is 260 g/mol. The Morgan fingerprint density at radius 2 is 1.95 bits per heavy atom. The average Bonchev–Trinajstić information content (AvgIpc) is 2.42. The Kier molecular flexibility index (Phi) is 4.80. The molecule has 1 heterocycles. The van der Waals surface area contributed by atoms with Crippen LogP contribution in [0.15, 0.2) is 36.5 Å². The number of halogens is 1. The smallest absolute Gasteiger partial charge is 0.144 e. The molecule has 1 aromatic heterocycles. The van der Waals surface area contributed by atoms with E-state index in [1.165, 1.54) is 12.1 Å². The van der Waals surface area contributed by atoms with Crippen molar-refractivity contribution in [2.75, 3.05) is 18.9 Å². The summed E-state index contributed by atoms with van der Waals surface area (Å²) in [6, 6.07) is 8.38. The third kappa shape index (κ3) is 4.30. The number of benzene rings is 1. The van der Waals surface area contributed by atoms with Gasteiger partial charge in [-0.3, -0.25) is 0 Å². The van der Waals surface area contributed by atoms with Crippen molar-refractivity contribution in [3.8, 4) is 0 Å². The molecule has 0 atom stereocenters. The van der Waals surface area contributed by atoms with Crippen LogP contribution in [0.1, 0.15) is 11.4 Å². The number of hydrogen-bond donors (Lipinski definition) is 2. The normalized spacial score (nSPS) is 10.4. The van der Waals surface area contributed by atoms with E-state index in [0.717, 1.165) is 30.2 Å². The van der Waals surface area contributed by atoms with Crippen LogP contribution in [0.3, 0.4) is 0 Å². The van der Waals surface area contributed by atoms with Gasteiger partial charge in [0.05, 0.1) is 6.54 Å². The molecule has 5 heteroatoms. The molecule has 0 radical (unpaired) electrons. The first-order valence-corrected chi connectivity index (χ1v) is 6.23. The molecule has 0 saturated heterocycles. The van der Waals surface area contributed by atoms with Crippen LogP contribution in [-0.4, -0.2) is 23.6 Å². The van der Waals surface area contributed by atoms with Crippen LogP contribution in [0, 0.1) is 5.82 Å². The summed E-state index contributed by atoms with van der Waals surface area (Å²) in [5, 5.41) is 6.24. The van der Waals surface area contributed by atoms with Crippen LogP contribution in [0.2, 0.25) is 0 Å². The molecule has 0 aliphatic carbocycles. The Morgan fingerprint density at radius 1 is 1.16 bits per heavy atom. The van der Waals surface area contributed by atoms with Crippen molar-refractivity contribution < 1.29 is 4.39 Å². The van der Waals surface area contributed by atoms with Crippen molar-refractivity contribution in [1.29, 1.82) is 0 Å². The first kappa shape index (κ1) is 13.4.